The van der Waals surface area contributed by atoms with E-state index in [0.717, 1.165) is 0 Å². The van der Waals surface area contributed by atoms with Gasteiger partial charge >= 0.3 is 0 Å². The maximum atomic E-state index is 2.12. The molecule has 0 spiro atoms. The molecule has 2 heteroatoms. The molecule has 2 radical (unpaired) electrons. The van der Waals surface area contributed by atoms with Crippen LogP contribution in [-0.2, 0) is 0 Å². The van der Waals surface area contributed by atoms with E-state index in [1.807, 2.05) is 0 Å². The van der Waals surface area contributed by atoms with Crippen LogP contribution in [0.15, 0.2) is 24.3 Å². The van der Waals surface area contributed by atoms with E-state index in [0.29, 0.717) is 0 Å². The fraction of sp³-hybridized carbons (Fsp3) is 0.250. The van der Waals surface area contributed by atoms with Crippen molar-refractivity contribution in [2.24, 2.45) is 0 Å². The van der Waals surface area contributed by atoms with Crippen LogP contribution in [0.1, 0.15) is 11.1 Å². The molecule has 0 saturated carbocycles. The van der Waals surface area contributed by atoms with Crippen LogP contribution in [-0.4, -0.2) is 59.1 Å². The van der Waals surface area contributed by atoms with Gasteiger partial charge in [0.25, 0.3) is 0 Å². The first-order valence-electron chi connectivity index (χ1n) is 2.83. The van der Waals surface area contributed by atoms with E-state index in [1.54, 1.807) is 0 Å². The molecule has 0 fully saturated rings. The Hall–Kier alpha value is 1.22. The predicted molar refractivity (Wildman–Crippen MR) is 47.4 cm³/mol. The molecule has 0 aromatic heterocycles. The molecule has 0 saturated heterocycles. The largest absolute Gasteiger partial charge is 0.0620 e. The number of aryl methyl sites for hydroxylation is 2. The first-order chi connectivity index (χ1) is 3.80. The van der Waals surface area contributed by atoms with Crippen molar-refractivity contribution >= 4 is 59.1 Å². The van der Waals surface area contributed by atoms with Crippen molar-refractivity contribution in [2.75, 3.05) is 0 Å². The van der Waals surface area contributed by atoms with Crippen LogP contribution < -0.4 is 0 Å². The van der Waals surface area contributed by atoms with Crippen molar-refractivity contribution in [3.63, 3.8) is 0 Å². The Labute approximate surface area is 107 Å². The van der Waals surface area contributed by atoms with E-state index < -0.39 is 0 Å². The van der Waals surface area contributed by atoms with Crippen molar-refractivity contribution < 1.29 is 0 Å². The number of rotatable bonds is 0. The molecule has 0 heterocycles. The first kappa shape index (κ1) is 13.8. The minimum Gasteiger partial charge on any atom is -0.0620 e. The standard InChI is InChI=1S/C8H10.2Na/c1-7-5-3-4-6-8(7)2;;/h3-6H,1-2H3;;. The summed E-state index contributed by atoms with van der Waals surface area (Å²) in [6, 6.07) is 8.36. The Morgan fingerprint density at radius 2 is 1.10 bits per heavy atom. The third-order valence-electron chi connectivity index (χ3n) is 1.43. The van der Waals surface area contributed by atoms with Gasteiger partial charge in [0.1, 0.15) is 0 Å². The van der Waals surface area contributed by atoms with Crippen LogP contribution in [0, 0.1) is 13.8 Å². The summed E-state index contributed by atoms with van der Waals surface area (Å²) in [5.74, 6) is 0. The molecule has 1 rings (SSSR count). The summed E-state index contributed by atoms with van der Waals surface area (Å²) in [6.45, 7) is 4.24. The normalized spacial score (nSPS) is 7.40. The molecule has 0 unspecified atom stereocenters. The second-order valence-corrected chi connectivity index (χ2v) is 2.08. The zero-order valence-electron chi connectivity index (χ0n) is 7.31. The van der Waals surface area contributed by atoms with Crippen molar-refractivity contribution in [3.8, 4) is 0 Å². The van der Waals surface area contributed by atoms with Crippen LogP contribution in [0.2, 0.25) is 0 Å². The molecule has 0 aliphatic heterocycles. The summed E-state index contributed by atoms with van der Waals surface area (Å²) in [5, 5.41) is 0. The fourth-order valence-electron chi connectivity index (χ4n) is 0.663. The second kappa shape index (κ2) is 6.90. The molecule has 0 bridgehead atoms. The van der Waals surface area contributed by atoms with Gasteiger partial charge in [-0.2, -0.15) is 0 Å². The Morgan fingerprint density at radius 3 is 1.30 bits per heavy atom. The summed E-state index contributed by atoms with van der Waals surface area (Å²) in [7, 11) is 0. The van der Waals surface area contributed by atoms with E-state index in [4.69, 9.17) is 0 Å². The van der Waals surface area contributed by atoms with Gasteiger partial charge in [-0.25, -0.2) is 0 Å². The SMILES string of the molecule is Cc1ccccc1C.[Na].[Na]. The molecule has 0 aliphatic carbocycles. The Kier molecular flexibility index (Phi) is 9.51. The summed E-state index contributed by atoms with van der Waals surface area (Å²) in [4.78, 5) is 0. The van der Waals surface area contributed by atoms with Gasteiger partial charge in [0.15, 0.2) is 0 Å². The molecule has 1 aromatic rings. The third-order valence-corrected chi connectivity index (χ3v) is 1.43. The molecular weight excluding hydrogens is 142 g/mol. The molecule has 10 heavy (non-hydrogen) atoms. The van der Waals surface area contributed by atoms with Crippen LogP contribution in [0.3, 0.4) is 0 Å². The van der Waals surface area contributed by atoms with Gasteiger partial charge < -0.3 is 0 Å². The Balaban J connectivity index is 0. The quantitative estimate of drug-likeness (QED) is 0.495. The van der Waals surface area contributed by atoms with Crippen LogP contribution in [0.5, 0.6) is 0 Å². The zero-order chi connectivity index (χ0) is 5.98. The minimum absolute atomic E-state index is 0. The number of hydrogen-bond acceptors (Lipinski definition) is 0. The molecule has 0 N–H and O–H groups in total. The molecule has 0 aliphatic rings. The van der Waals surface area contributed by atoms with Crippen molar-refractivity contribution in [3.05, 3.63) is 35.4 Å². The van der Waals surface area contributed by atoms with E-state index in [2.05, 4.69) is 38.1 Å². The maximum Gasteiger partial charge on any atom is 0 e. The van der Waals surface area contributed by atoms with Gasteiger partial charge in [-0.3, -0.25) is 0 Å². The summed E-state index contributed by atoms with van der Waals surface area (Å²) < 4.78 is 0. The van der Waals surface area contributed by atoms with E-state index in [-0.39, 0.29) is 59.1 Å². The van der Waals surface area contributed by atoms with Gasteiger partial charge in [0.05, 0.1) is 0 Å². The zero-order valence-corrected chi connectivity index (χ0v) is 11.3. The van der Waals surface area contributed by atoms with E-state index in [1.165, 1.54) is 11.1 Å². The van der Waals surface area contributed by atoms with E-state index >= 15 is 0 Å². The molecular formula is C8H10Na2. The predicted octanol–water partition coefficient (Wildman–Crippen LogP) is 1.54. The molecule has 44 valence electrons. The van der Waals surface area contributed by atoms with Gasteiger partial charge in [-0.05, 0) is 25.0 Å². The van der Waals surface area contributed by atoms with E-state index in [9.17, 15) is 0 Å². The average molecular weight is 152 g/mol. The topological polar surface area (TPSA) is 0 Å². The molecule has 0 amide bonds. The van der Waals surface area contributed by atoms with Crippen LogP contribution in [0.4, 0.5) is 0 Å². The second-order valence-electron chi connectivity index (χ2n) is 2.08. The number of benzene rings is 1. The van der Waals surface area contributed by atoms with Gasteiger partial charge in [0, 0.05) is 59.1 Å². The van der Waals surface area contributed by atoms with Crippen molar-refractivity contribution in [1.82, 2.24) is 0 Å². The Bertz CT molecular complexity index is 163. The average Bonchev–Trinajstić information content (AvgIpc) is 1.77. The Morgan fingerprint density at radius 1 is 0.800 bits per heavy atom. The molecule has 0 nitrogen and oxygen atoms in total. The molecule has 1 aromatic carbocycles. The minimum atomic E-state index is 0. The van der Waals surface area contributed by atoms with Crippen molar-refractivity contribution in [1.29, 1.82) is 0 Å². The smallest absolute Gasteiger partial charge is 0 e. The number of hydrogen-bond donors (Lipinski definition) is 0. The molecule has 0 atom stereocenters. The summed E-state index contributed by atoms with van der Waals surface area (Å²) in [5.41, 5.74) is 2.74. The first-order valence-corrected chi connectivity index (χ1v) is 2.83. The van der Waals surface area contributed by atoms with Crippen LogP contribution in [0.25, 0.3) is 0 Å². The van der Waals surface area contributed by atoms with Gasteiger partial charge in [0.2, 0.25) is 0 Å². The summed E-state index contributed by atoms with van der Waals surface area (Å²) in [6.07, 6.45) is 0. The third kappa shape index (κ3) is 4.17. The van der Waals surface area contributed by atoms with Gasteiger partial charge in [-0.1, -0.05) is 24.3 Å². The maximum absolute atomic E-state index is 2.12. The van der Waals surface area contributed by atoms with Crippen molar-refractivity contribution in [2.45, 2.75) is 13.8 Å². The van der Waals surface area contributed by atoms with Gasteiger partial charge in [-0.15, -0.1) is 0 Å². The fourth-order valence-corrected chi connectivity index (χ4v) is 0.663. The monoisotopic (exact) mass is 152 g/mol. The summed E-state index contributed by atoms with van der Waals surface area (Å²) >= 11 is 0. The van der Waals surface area contributed by atoms with Crippen LogP contribution >= 0.6 is 0 Å².